The molecule has 2 nitrogen and oxygen atoms in total. The van der Waals surface area contributed by atoms with Gasteiger partial charge in [-0.15, -0.1) is 0 Å². The van der Waals surface area contributed by atoms with Crippen LogP contribution in [0, 0.1) is 11.8 Å². The fourth-order valence-electron chi connectivity index (χ4n) is 2.47. The van der Waals surface area contributed by atoms with E-state index < -0.39 is 7.37 Å². The molecule has 0 aliphatic heterocycles. The van der Waals surface area contributed by atoms with E-state index in [2.05, 4.69) is 12.2 Å². The number of allylic oxidation sites excluding steroid dienone is 1. The molecular formula is C11H19O2P. The minimum Gasteiger partial charge on any atom is -0.324 e. The molecule has 0 heterocycles. The molecule has 3 unspecified atom stereocenters. The maximum absolute atomic E-state index is 12.1. The van der Waals surface area contributed by atoms with Crippen LogP contribution in [0.3, 0.4) is 0 Å². The molecule has 1 fully saturated rings. The summed E-state index contributed by atoms with van der Waals surface area (Å²) in [7, 11) is -2.29. The van der Waals surface area contributed by atoms with E-state index >= 15 is 0 Å². The molecule has 0 aromatic rings. The van der Waals surface area contributed by atoms with Gasteiger partial charge >= 0.3 is 0 Å². The molecule has 2 aliphatic carbocycles. The Morgan fingerprint density at radius 2 is 2.00 bits per heavy atom. The van der Waals surface area contributed by atoms with E-state index in [1.54, 1.807) is 0 Å². The zero-order valence-electron chi connectivity index (χ0n) is 8.98. The van der Waals surface area contributed by atoms with Crippen LogP contribution in [-0.4, -0.2) is 18.4 Å². The number of hydrogen-bond acceptors (Lipinski definition) is 2. The standard InChI is InChI=1S/C11H19O2P/c1-3-14(12,4-2)13-11-8-9-5-6-10(11)7-9/h5-6,9-11H,3-4,7-8H2,1-2H3. The molecular weight excluding hydrogens is 195 g/mol. The predicted octanol–water partition coefficient (Wildman–Crippen LogP) is 3.29. The van der Waals surface area contributed by atoms with E-state index in [4.69, 9.17) is 4.52 Å². The van der Waals surface area contributed by atoms with Gasteiger partial charge < -0.3 is 4.52 Å². The summed E-state index contributed by atoms with van der Waals surface area (Å²) in [6, 6.07) is 0. The molecule has 0 aromatic carbocycles. The van der Waals surface area contributed by atoms with Crippen LogP contribution < -0.4 is 0 Å². The van der Waals surface area contributed by atoms with Gasteiger partial charge in [-0.25, -0.2) is 0 Å². The van der Waals surface area contributed by atoms with Crippen LogP contribution >= 0.6 is 7.37 Å². The lowest BCUT2D eigenvalue weighted by Crippen LogP contribution is -2.17. The fraction of sp³-hybridized carbons (Fsp3) is 0.818. The number of fused-ring (bicyclic) bond motifs is 2. The van der Waals surface area contributed by atoms with Gasteiger partial charge in [-0.2, -0.15) is 0 Å². The first-order chi connectivity index (χ1) is 6.67. The second-order valence-electron chi connectivity index (χ2n) is 4.37. The second-order valence-corrected chi connectivity index (χ2v) is 7.48. The largest absolute Gasteiger partial charge is 0.324 e. The minimum atomic E-state index is -2.29. The lowest BCUT2D eigenvalue weighted by Gasteiger charge is -2.24. The Labute approximate surface area is 86.2 Å². The highest BCUT2D eigenvalue weighted by atomic mass is 31.2. The highest BCUT2D eigenvalue weighted by Gasteiger charge is 2.39. The van der Waals surface area contributed by atoms with Crippen molar-refractivity contribution < 1.29 is 9.09 Å². The summed E-state index contributed by atoms with van der Waals surface area (Å²) in [5.41, 5.74) is 0. The smallest absolute Gasteiger partial charge is 0.202 e. The molecule has 3 atom stereocenters. The summed E-state index contributed by atoms with van der Waals surface area (Å²) < 4.78 is 18.0. The summed E-state index contributed by atoms with van der Waals surface area (Å²) in [5.74, 6) is 1.25. The normalized spacial score (nSPS) is 35.4. The molecule has 14 heavy (non-hydrogen) atoms. The van der Waals surface area contributed by atoms with E-state index in [9.17, 15) is 4.57 Å². The lowest BCUT2D eigenvalue weighted by atomic mass is 10.1. The maximum atomic E-state index is 12.1. The molecule has 2 aliphatic rings. The van der Waals surface area contributed by atoms with Crippen molar-refractivity contribution in [3.63, 3.8) is 0 Å². The van der Waals surface area contributed by atoms with Crippen molar-refractivity contribution in [1.82, 2.24) is 0 Å². The summed E-state index contributed by atoms with van der Waals surface area (Å²) in [5, 5.41) is 0. The molecule has 0 aromatic heterocycles. The summed E-state index contributed by atoms with van der Waals surface area (Å²) in [4.78, 5) is 0. The average molecular weight is 214 g/mol. The van der Waals surface area contributed by atoms with Gasteiger partial charge in [-0.3, -0.25) is 4.57 Å². The van der Waals surface area contributed by atoms with Crippen LogP contribution in [-0.2, 0) is 9.09 Å². The predicted molar refractivity (Wildman–Crippen MR) is 58.9 cm³/mol. The molecule has 0 amide bonds. The molecule has 0 saturated heterocycles. The molecule has 0 N–H and O–H groups in total. The van der Waals surface area contributed by atoms with Crippen LogP contribution in [0.25, 0.3) is 0 Å². The van der Waals surface area contributed by atoms with E-state index in [0.717, 1.165) is 6.42 Å². The van der Waals surface area contributed by atoms with Gasteiger partial charge in [-0.05, 0) is 18.8 Å². The summed E-state index contributed by atoms with van der Waals surface area (Å²) >= 11 is 0. The van der Waals surface area contributed by atoms with Crippen molar-refractivity contribution in [2.75, 3.05) is 12.3 Å². The van der Waals surface area contributed by atoms with E-state index in [1.165, 1.54) is 6.42 Å². The van der Waals surface area contributed by atoms with Crippen molar-refractivity contribution >= 4 is 7.37 Å². The van der Waals surface area contributed by atoms with Crippen LogP contribution in [0.1, 0.15) is 26.7 Å². The van der Waals surface area contributed by atoms with Gasteiger partial charge in [0.05, 0.1) is 6.10 Å². The van der Waals surface area contributed by atoms with Crippen molar-refractivity contribution in [2.24, 2.45) is 11.8 Å². The highest BCUT2D eigenvalue weighted by Crippen LogP contribution is 2.52. The van der Waals surface area contributed by atoms with Gasteiger partial charge in [-0.1, -0.05) is 26.0 Å². The Balaban J connectivity index is 1.98. The summed E-state index contributed by atoms with van der Waals surface area (Å²) in [6.07, 6.45) is 8.45. The number of rotatable bonds is 4. The zero-order chi connectivity index (χ0) is 10.2. The molecule has 3 heteroatoms. The third kappa shape index (κ3) is 1.83. The van der Waals surface area contributed by atoms with E-state index in [-0.39, 0.29) is 6.10 Å². The van der Waals surface area contributed by atoms with Gasteiger partial charge in [0, 0.05) is 18.2 Å². The van der Waals surface area contributed by atoms with Crippen molar-refractivity contribution in [3.05, 3.63) is 12.2 Å². The van der Waals surface area contributed by atoms with Gasteiger partial charge in [0.15, 0.2) is 0 Å². The van der Waals surface area contributed by atoms with Crippen molar-refractivity contribution in [1.29, 1.82) is 0 Å². The Morgan fingerprint density at radius 3 is 2.43 bits per heavy atom. The average Bonchev–Trinajstić information content (AvgIpc) is 2.79. The van der Waals surface area contributed by atoms with Crippen LogP contribution in [0.5, 0.6) is 0 Å². The van der Waals surface area contributed by atoms with Gasteiger partial charge in [0.25, 0.3) is 0 Å². The third-order valence-electron chi connectivity index (χ3n) is 3.51. The lowest BCUT2D eigenvalue weighted by molar-refractivity contribution is 0.178. The highest BCUT2D eigenvalue weighted by molar-refractivity contribution is 7.58. The molecule has 80 valence electrons. The van der Waals surface area contributed by atoms with Crippen molar-refractivity contribution in [3.8, 4) is 0 Å². The van der Waals surface area contributed by atoms with E-state index in [1.807, 2.05) is 13.8 Å². The Morgan fingerprint density at radius 1 is 1.29 bits per heavy atom. The third-order valence-corrected chi connectivity index (χ3v) is 6.09. The van der Waals surface area contributed by atoms with Gasteiger partial charge in [0.2, 0.25) is 7.37 Å². The van der Waals surface area contributed by atoms with Crippen molar-refractivity contribution in [2.45, 2.75) is 32.8 Å². The van der Waals surface area contributed by atoms with Crippen LogP contribution in [0.15, 0.2) is 12.2 Å². The first kappa shape index (κ1) is 10.4. The van der Waals surface area contributed by atoms with Gasteiger partial charge in [0.1, 0.15) is 0 Å². The van der Waals surface area contributed by atoms with E-state index in [0.29, 0.717) is 24.2 Å². The monoisotopic (exact) mass is 214 g/mol. The quantitative estimate of drug-likeness (QED) is 0.530. The Kier molecular flexibility index (Phi) is 2.86. The maximum Gasteiger partial charge on any atom is 0.202 e. The SMILES string of the molecule is CCP(=O)(CC)OC1CC2C=CC1C2. The molecule has 0 radical (unpaired) electrons. The summed E-state index contributed by atoms with van der Waals surface area (Å²) in [6.45, 7) is 3.93. The first-order valence-electron chi connectivity index (χ1n) is 5.61. The molecule has 2 bridgehead atoms. The number of hydrogen-bond donors (Lipinski definition) is 0. The topological polar surface area (TPSA) is 26.3 Å². The van der Waals surface area contributed by atoms with Crippen LogP contribution in [0.4, 0.5) is 0 Å². The Hall–Kier alpha value is -0.0700. The minimum absolute atomic E-state index is 0.246. The molecule has 2 rings (SSSR count). The Bertz CT molecular complexity index is 277. The first-order valence-corrected chi connectivity index (χ1v) is 7.61. The molecule has 1 saturated carbocycles. The second kappa shape index (κ2) is 3.83. The fourth-order valence-corrected chi connectivity index (χ4v) is 3.95. The molecule has 0 spiro atoms. The van der Waals surface area contributed by atoms with Crippen LogP contribution in [0.2, 0.25) is 0 Å². The zero-order valence-corrected chi connectivity index (χ0v) is 9.87.